The Labute approximate surface area is 48.9 Å². The van der Waals surface area contributed by atoms with Gasteiger partial charge in [-0.25, -0.2) is 0 Å². The summed E-state index contributed by atoms with van der Waals surface area (Å²) in [6.07, 6.45) is 3.85. The summed E-state index contributed by atoms with van der Waals surface area (Å²) in [5, 5.41) is 1.68. The zero-order valence-corrected chi connectivity index (χ0v) is 4.92. The van der Waals surface area contributed by atoms with Gasteiger partial charge in [0.2, 0.25) is 0 Å². The van der Waals surface area contributed by atoms with E-state index in [2.05, 4.69) is 5.43 Å². The van der Waals surface area contributed by atoms with Crippen molar-refractivity contribution in [1.29, 1.82) is 0 Å². The van der Waals surface area contributed by atoms with E-state index >= 15 is 0 Å². The van der Waals surface area contributed by atoms with E-state index in [9.17, 15) is 0 Å². The van der Waals surface area contributed by atoms with E-state index in [4.69, 9.17) is 4.84 Å². The van der Waals surface area contributed by atoms with Gasteiger partial charge in [0.15, 0.2) is 0 Å². The van der Waals surface area contributed by atoms with E-state index in [1.54, 1.807) is 5.17 Å². The molecule has 1 heterocycles. The number of hydroxylamine groups is 1. The molecule has 0 aromatic heterocycles. The van der Waals surface area contributed by atoms with Crippen molar-refractivity contribution >= 4 is 0 Å². The molecule has 46 valence electrons. The van der Waals surface area contributed by atoms with Gasteiger partial charge in [-0.3, -0.25) is 4.84 Å². The summed E-state index contributed by atoms with van der Waals surface area (Å²) in [5.74, 6) is 0. The summed E-state index contributed by atoms with van der Waals surface area (Å²) in [5.41, 5.74) is 2.89. The van der Waals surface area contributed by atoms with Gasteiger partial charge in [0.25, 0.3) is 0 Å². The molecule has 0 spiro atoms. The summed E-state index contributed by atoms with van der Waals surface area (Å²) in [7, 11) is 0. The van der Waals surface area contributed by atoms with Crippen LogP contribution in [0, 0.1) is 0 Å². The largest absolute Gasteiger partial charge is 0.304 e. The highest BCUT2D eigenvalue weighted by Gasteiger charge is 2.01. The lowest BCUT2D eigenvalue weighted by atomic mass is 10.7. The maximum absolute atomic E-state index is 5.06. The Kier molecular flexibility index (Phi) is 1.88. The Balaban J connectivity index is 2.10. The molecule has 0 amide bonds. The second kappa shape index (κ2) is 2.69. The van der Waals surface area contributed by atoms with Crippen molar-refractivity contribution in [1.82, 2.24) is 10.6 Å². The maximum Gasteiger partial charge on any atom is 0.0678 e. The van der Waals surface area contributed by atoms with Crippen LogP contribution in [0.1, 0.15) is 6.92 Å². The number of hydrogen-bond donors (Lipinski definition) is 1. The molecular weight excluding hydrogens is 104 g/mol. The quantitative estimate of drug-likeness (QED) is 0.557. The Hall–Kier alpha value is -0.540. The number of hydrogen-bond acceptors (Lipinski definition) is 3. The van der Waals surface area contributed by atoms with Crippen molar-refractivity contribution < 1.29 is 4.84 Å². The molecule has 0 saturated carbocycles. The fraction of sp³-hybridized carbons (Fsp3) is 0.600. The first-order valence-corrected chi connectivity index (χ1v) is 2.75. The van der Waals surface area contributed by atoms with Gasteiger partial charge >= 0.3 is 0 Å². The molecule has 8 heavy (non-hydrogen) atoms. The molecule has 0 saturated heterocycles. The molecule has 0 aromatic rings. The molecule has 0 aliphatic carbocycles. The number of nitrogens with one attached hydrogen (secondary N) is 1. The van der Waals surface area contributed by atoms with Crippen molar-refractivity contribution in [2.24, 2.45) is 0 Å². The summed E-state index contributed by atoms with van der Waals surface area (Å²) in [6.45, 7) is 3.52. The van der Waals surface area contributed by atoms with Crippen LogP contribution < -0.4 is 5.43 Å². The summed E-state index contributed by atoms with van der Waals surface area (Å²) in [6, 6.07) is 0. The van der Waals surface area contributed by atoms with E-state index < -0.39 is 0 Å². The molecule has 0 unspecified atom stereocenters. The summed E-state index contributed by atoms with van der Waals surface area (Å²) < 4.78 is 0. The average Bonchev–Trinajstić information content (AvgIpc) is 2.19. The van der Waals surface area contributed by atoms with Crippen LogP contribution in [0.15, 0.2) is 12.3 Å². The lowest BCUT2D eigenvalue weighted by molar-refractivity contribution is -0.167. The highest BCUT2D eigenvalue weighted by atomic mass is 16.7. The second-order valence-electron chi connectivity index (χ2n) is 1.51. The van der Waals surface area contributed by atoms with E-state index in [1.165, 1.54) is 0 Å². The third-order valence-electron chi connectivity index (χ3n) is 0.893. The molecule has 1 aliphatic rings. The van der Waals surface area contributed by atoms with Gasteiger partial charge in [0, 0.05) is 6.20 Å². The van der Waals surface area contributed by atoms with Crippen LogP contribution in [-0.4, -0.2) is 18.3 Å². The van der Waals surface area contributed by atoms with E-state index in [1.807, 2.05) is 19.2 Å². The monoisotopic (exact) mass is 114 g/mol. The first-order valence-electron chi connectivity index (χ1n) is 2.75. The summed E-state index contributed by atoms with van der Waals surface area (Å²) in [4.78, 5) is 5.06. The van der Waals surface area contributed by atoms with E-state index in [0.717, 1.165) is 6.54 Å². The maximum atomic E-state index is 5.06. The molecule has 0 radical (unpaired) electrons. The van der Waals surface area contributed by atoms with Crippen LogP contribution in [-0.2, 0) is 4.84 Å². The third-order valence-corrected chi connectivity index (χ3v) is 0.893. The molecule has 0 fully saturated rings. The van der Waals surface area contributed by atoms with Gasteiger partial charge in [0.05, 0.1) is 13.2 Å². The van der Waals surface area contributed by atoms with Gasteiger partial charge in [-0.1, -0.05) is 5.17 Å². The molecule has 1 N–H and O–H groups in total. The minimum Gasteiger partial charge on any atom is -0.304 e. The predicted molar refractivity (Wildman–Crippen MR) is 30.6 cm³/mol. The molecule has 0 aromatic carbocycles. The summed E-state index contributed by atoms with van der Waals surface area (Å²) >= 11 is 0. The van der Waals surface area contributed by atoms with Crippen LogP contribution in [0.4, 0.5) is 0 Å². The van der Waals surface area contributed by atoms with Crippen molar-refractivity contribution in [2.75, 3.05) is 13.2 Å². The number of rotatable bonds is 2. The van der Waals surface area contributed by atoms with Crippen molar-refractivity contribution in [2.45, 2.75) is 6.92 Å². The van der Waals surface area contributed by atoms with Crippen molar-refractivity contribution in [3.8, 4) is 0 Å². The smallest absolute Gasteiger partial charge is 0.0678 e. The van der Waals surface area contributed by atoms with Gasteiger partial charge in [-0.15, -0.1) is 0 Å². The minimum absolute atomic E-state index is 0.717. The highest BCUT2D eigenvalue weighted by Crippen LogP contribution is 1.91. The van der Waals surface area contributed by atoms with E-state index in [-0.39, 0.29) is 0 Å². The predicted octanol–water partition coefficient (Wildman–Crippen LogP) is 0.272. The zero-order valence-electron chi connectivity index (χ0n) is 4.92. The Morgan fingerprint density at radius 3 is 3.25 bits per heavy atom. The fourth-order valence-electron chi connectivity index (χ4n) is 0.583. The van der Waals surface area contributed by atoms with Crippen LogP contribution in [0.5, 0.6) is 0 Å². The van der Waals surface area contributed by atoms with Gasteiger partial charge in [-0.05, 0) is 13.0 Å². The zero-order chi connectivity index (χ0) is 5.82. The van der Waals surface area contributed by atoms with Crippen LogP contribution >= 0.6 is 0 Å². The fourth-order valence-corrected chi connectivity index (χ4v) is 0.583. The van der Waals surface area contributed by atoms with Gasteiger partial charge in [0.1, 0.15) is 0 Å². The average molecular weight is 114 g/mol. The molecule has 0 atom stereocenters. The molecule has 1 rings (SSSR count). The lowest BCUT2D eigenvalue weighted by Crippen LogP contribution is -2.29. The Bertz CT molecular complexity index is 84.4. The number of hydrazine groups is 1. The highest BCUT2D eigenvalue weighted by molar-refractivity contribution is 4.85. The van der Waals surface area contributed by atoms with Crippen molar-refractivity contribution in [3.63, 3.8) is 0 Å². The molecular formula is C5H10N2O. The van der Waals surface area contributed by atoms with Crippen LogP contribution in [0.25, 0.3) is 0 Å². The second-order valence-corrected chi connectivity index (χ2v) is 1.51. The first kappa shape index (κ1) is 5.59. The standard InChI is InChI=1S/C5H10N2O/c1-2-8-7-5-3-4-6-7/h3-4,6H,2,5H2,1H3. The third kappa shape index (κ3) is 1.21. The van der Waals surface area contributed by atoms with Gasteiger partial charge < -0.3 is 5.43 Å². The van der Waals surface area contributed by atoms with Crippen LogP contribution in [0.2, 0.25) is 0 Å². The Morgan fingerprint density at radius 2 is 2.75 bits per heavy atom. The first-order chi connectivity index (χ1) is 3.93. The van der Waals surface area contributed by atoms with Crippen molar-refractivity contribution in [3.05, 3.63) is 12.3 Å². The molecule has 0 bridgehead atoms. The molecule has 3 heteroatoms. The Morgan fingerprint density at radius 1 is 1.88 bits per heavy atom. The normalized spacial score (nSPS) is 19.1. The topological polar surface area (TPSA) is 24.5 Å². The lowest BCUT2D eigenvalue weighted by Gasteiger charge is -2.12. The number of nitrogens with zero attached hydrogens (tertiary/aromatic N) is 1. The molecule has 3 nitrogen and oxygen atoms in total. The molecule has 1 aliphatic heterocycles. The minimum atomic E-state index is 0.717. The SMILES string of the molecule is CCON1CC=CN1. The van der Waals surface area contributed by atoms with Crippen LogP contribution in [0.3, 0.4) is 0 Å². The van der Waals surface area contributed by atoms with Gasteiger partial charge in [-0.2, -0.15) is 0 Å². The van der Waals surface area contributed by atoms with E-state index in [0.29, 0.717) is 6.61 Å².